The predicted octanol–water partition coefficient (Wildman–Crippen LogP) is 6.48. The highest BCUT2D eigenvalue weighted by atomic mass is 32.2. The van der Waals surface area contributed by atoms with Gasteiger partial charge in [-0.3, -0.25) is 4.79 Å². The van der Waals surface area contributed by atoms with Crippen LogP contribution in [-0.4, -0.2) is 34.1 Å². The summed E-state index contributed by atoms with van der Waals surface area (Å²) in [7, 11) is 1.29. The molecule has 1 aromatic heterocycles. The van der Waals surface area contributed by atoms with Crippen molar-refractivity contribution in [2.45, 2.75) is 31.0 Å². The molecule has 0 unspecified atom stereocenters. The van der Waals surface area contributed by atoms with E-state index in [0.29, 0.717) is 28.5 Å². The Morgan fingerprint density at radius 3 is 2.12 bits per heavy atom. The number of benzene rings is 2. The number of aryl methyl sites for hydroxylation is 1. The number of carbonyl (C=O) groups excluding carboxylic acids is 1. The molecule has 0 atom stereocenters. The van der Waals surface area contributed by atoms with Crippen LogP contribution in [0.1, 0.15) is 32.6 Å². The van der Waals surface area contributed by atoms with Crippen LogP contribution in [0.3, 0.4) is 0 Å². The van der Waals surface area contributed by atoms with E-state index in [2.05, 4.69) is 9.97 Å². The summed E-state index contributed by atoms with van der Waals surface area (Å²) in [5.41, 5.74) is -1.28. The lowest BCUT2D eigenvalue weighted by Gasteiger charge is -2.21. The zero-order valence-corrected chi connectivity index (χ0v) is 19.1. The molecule has 0 aliphatic rings. The van der Waals surface area contributed by atoms with Crippen LogP contribution in [0.4, 0.5) is 26.3 Å². The monoisotopic (exact) mass is 499 g/mol. The maximum absolute atomic E-state index is 13.2. The minimum Gasteiger partial charge on any atom is -0.337 e. The molecule has 2 aromatic carbocycles. The second kappa shape index (κ2) is 9.65. The minimum absolute atomic E-state index is 0.0522. The smallest absolute Gasteiger partial charge is 0.337 e. The summed E-state index contributed by atoms with van der Waals surface area (Å²) in [6, 6.07) is 8.44. The van der Waals surface area contributed by atoms with Crippen molar-refractivity contribution in [3.8, 4) is 11.3 Å². The maximum atomic E-state index is 13.2. The third-order valence-corrected chi connectivity index (χ3v) is 5.56. The van der Waals surface area contributed by atoms with Gasteiger partial charge in [-0.15, -0.1) is 0 Å². The van der Waals surface area contributed by atoms with E-state index in [1.54, 1.807) is 18.4 Å². The Kier molecular flexibility index (Phi) is 7.25. The number of halogens is 6. The van der Waals surface area contributed by atoms with Crippen LogP contribution in [0.25, 0.3) is 11.3 Å². The van der Waals surface area contributed by atoms with Crippen LogP contribution in [-0.2, 0) is 18.9 Å². The highest BCUT2D eigenvalue weighted by molar-refractivity contribution is 7.98. The predicted molar refractivity (Wildman–Crippen MR) is 116 cm³/mol. The fourth-order valence-corrected chi connectivity index (χ4v) is 3.67. The third kappa shape index (κ3) is 5.69. The quantitative estimate of drug-likeness (QED) is 0.229. The average molecular weight is 499 g/mol. The molecule has 0 spiro atoms. The SMILES string of the molecule is CSc1ncc(C(=O)N(C)Cc2cc(C(F)(F)F)cc(C(F)(F)F)c2)c(-c2ccccc2C)n1. The van der Waals surface area contributed by atoms with E-state index in [-0.39, 0.29) is 17.2 Å². The molecule has 11 heteroatoms. The van der Waals surface area contributed by atoms with Gasteiger partial charge in [0.2, 0.25) is 0 Å². The van der Waals surface area contributed by atoms with Gasteiger partial charge in [0.1, 0.15) is 0 Å². The molecule has 3 aromatic rings. The molecular weight excluding hydrogens is 480 g/mol. The highest BCUT2D eigenvalue weighted by Crippen LogP contribution is 2.36. The van der Waals surface area contributed by atoms with Crippen molar-refractivity contribution in [1.29, 1.82) is 0 Å². The fraction of sp³-hybridized carbons (Fsp3) is 0.261. The molecule has 180 valence electrons. The molecule has 1 amide bonds. The summed E-state index contributed by atoms with van der Waals surface area (Å²) >= 11 is 1.26. The first-order valence-electron chi connectivity index (χ1n) is 9.82. The fourth-order valence-electron chi connectivity index (χ4n) is 3.33. The van der Waals surface area contributed by atoms with Crippen molar-refractivity contribution >= 4 is 17.7 Å². The van der Waals surface area contributed by atoms with Gasteiger partial charge in [0.05, 0.1) is 22.4 Å². The molecule has 34 heavy (non-hydrogen) atoms. The van der Waals surface area contributed by atoms with E-state index in [1.807, 2.05) is 19.1 Å². The second-order valence-corrected chi connectivity index (χ2v) is 8.28. The third-order valence-electron chi connectivity index (χ3n) is 4.99. The summed E-state index contributed by atoms with van der Waals surface area (Å²) in [5, 5.41) is 0.408. The molecule has 0 saturated heterocycles. The molecule has 0 radical (unpaired) electrons. The number of alkyl halides is 6. The van der Waals surface area contributed by atoms with E-state index >= 15 is 0 Å². The van der Waals surface area contributed by atoms with Crippen molar-refractivity contribution in [3.05, 3.63) is 76.5 Å². The van der Waals surface area contributed by atoms with E-state index in [1.165, 1.54) is 25.0 Å². The topological polar surface area (TPSA) is 46.1 Å². The summed E-state index contributed by atoms with van der Waals surface area (Å²) in [4.78, 5) is 22.8. The van der Waals surface area contributed by atoms with Crippen molar-refractivity contribution in [3.63, 3.8) is 0 Å². The number of thioether (sulfide) groups is 1. The summed E-state index contributed by atoms with van der Waals surface area (Å²) in [6.07, 6.45) is -6.88. The Hall–Kier alpha value is -3.08. The van der Waals surface area contributed by atoms with Crippen LogP contribution in [0.2, 0.25) is 0 Å². The van der Waals surface area contributed by atoms with Gasteiger partial charge in [-0.25, -0.2) is 9.97 Å². The zero-order chi connectivity index (χ0) is 25.3. The Bertz CT molecular complexity index is 1180. The Morgan fingerprint density at radius 2 is 1.59 bits per heavy atom. The van der Waals surface area contributed by atoms with Crippen LogP contribution < -0.4 is 0 Å². The van der Waals surface area contributed by atoms with Gasteiger partial charge in [-0.2, -0.15) is 26.3 Å². The van der Waals surface area contributed by atoms with E-state index in [9.17, 15) is 31.1 Å². The highest BCUT2D eigenvalue weighted by Gasteiger charge is 2.37. The lowest BCUT2D eigenvalue weighted by molar-refractivity contribution is -0.143. The van der Waals surface area contributed by atoms with Gasteiger partial charge < -0.3 is 4.90 Å². The molecule has 4 nitrogen and oxygen atoms in total. The molecule has 0 aliphatic heterocycles. The summed E-state index contributed by atoms with van der Waals surface area (Å²) in [5.74, 6) is -0.642. The minimum atomic E-state index is -4.97. The summed E-state index contributed by atoms with van der Waals surface area (Å²) in [6.45, 7) is 1.35. The van der Waals surface area contributed by atoms with Gasteiger partial charge in [-0.1, -0.05) is 36.0 Å². The first kappa shape index (κ1) is 25.5. The van der Waals surface area contributed by atoms with Gasteiger partial charge >= 0.3 is 12.4 Å². The molecule has 0 fully saturated rings. The largest absolute Gasteiger partial charge is 0.416 e. The first-order chi connectivity index (χ1) is 15.8. The Morgan fingerprint density at radius 1 is 1.00 bits per heavy atom. The van der Waals surface area contributed by atoms with E-state index in [4.69, 9.17) is 0 Å². The van der Waals surface area contributed by atoms with Crippen molar-refractivity contribution < 1.29 is 31.1 Å². The van der Waals surface area contributed by atoms with Gasteiger partial charge in [0.25, 0.3) is 5.91 Å². The zero-order valence-electron chi connectivity index (χ0n) is 18.3. The van der Waals surface area contributed by atoms with E-state index in [0.717, 1.165) is 10.5 Å². The van der Waals surface area contributed by atoms with Crippen LogP contribution in [0, 0.1) is 6.92 Å². The number of hydrogen-bond donors (Lipinski definition) is 0. The van der Waals surface area contributed by atoms with Crippen molar-refractivity contribution in [1.82, 2.24) is 14.9 Å². The molecular formula is C23H19F6N3OS. The number of nitrogens with zero attached hydrogens (tertiary/aromatic N) is 3. The number of amides is 1. The normalized spacial score (nSPS) is 12.0. The van der Waals surface area contributed by atoms with Gasteiger partial charge in [0.15, 0.2) is 5.16 Å². The molecule has 0 bridgehead atoms. The Labute approximate surface area is 196 Å². The number of aromatic nitrogens is 2. The molecule has 0 saturated carbocycles. The van der Waals surface area contributed by atoms with Gasteiger partial charge in [0, 0.05) is 25.4 Å². The molecule has 0 aliphatic carbocycles. The second-order valence-electron chi connectivity index (χ2n) is 7.51. The van der Waals surface area contributed by atoms with Crippen LogP contribution >= 0.6 is 11.8 Å². The lowest BCUT2D eigenvalue weighted by Crippen LogP contribution is -2.27. The summed E-state index contributed by atoms with van der Waals surface area (Å²) < 4.78 is 79.1. The van der Waals surface area contributed by atoms with Crippen molar-refractivity contribution in [2.24, 2.45) is 0 Å². The molecule has 3 rings (SSSR count). The molecule has 1 heterocycles. The van der Waals surface area contributed by atoms with Crippen LogP contribution in [0.5, 0.6) is 0 Å². The van der Waals surface area contributed by atoms with E-state index < -0.39 is 35.9 Å². The standard InChI is InChI=1S/C23H19F6N3OS/c1-13-6-4-5-7-17(13)19-18(11-30-21(31-19)34-3)20(33)32(2)12-14-8-15(22(24,25)26)10-16(9-14)23(27,28)29/h4-11H,12H2,1-3H3. The lowest BCUT2D eigenvalue weighted by atomic mass is 10.0. The Balaban J connectivity index is 2.01. The van der Waals surface area contributed by atoms with Crippen LogP contribution in [0.15, 0.2) is 53.8 Å². The van der Waals surface area contributed by atoms with Gasteiger partial charge in [-0.05, 0) is 42.5 Å². The van der Waals surface area contributed by atoms with Crippen molar-refractivity contribution in [2.75, 3.05) is 13.3 Å². The number of carbonyl (C=O) groups is 1. The number of rotatable bonds is 5. The average Bonchev–Trinajstić information content (AvgIpc) is 2.77. The molecule has 0 N–H and O–H groups in total. The maximum Gasteiger partial charge on any atom is 0.416 e. The first-order valence-corrected chi connectivity index (χ1v) is 11.0. The number of hydrogen-bond acceptors (Lipinski definition) is 4.